The SMILES string of the molecule is CC[C@H](Oc1cccc(C)c1C)C(=O)Nc1ccccc1C(=O)c1ccccc1. The summed E-state index contributed by atoms with van der Waals surface area (Å²) in [6, 6.07) is 21.9. The van der Waals surface area contributed by atoms with Crippen LogP contribution in [-0.4, -0.2) is 17.8 Å². The summed E-state index contributed by atoms with van der Waals surface area (Å²) in [7, 11) is 0. The Morgan fingerprint density at radius 2 is 1.59 bits per heavy atom. The molecule has 0 heterocycles. The zero-order valence-corrected chi connectivity index (χ0v) is 16.9. The lowest BCUT2D eigenvalue weighted by Crippen LogP contribution is -2.33. The molecule has 0 radical (unpaired) electrons. The maximum Gasteiger partial charge on any atom is 0.265 e. The van der Waals surface area contributed by atoms with Gasteiger partial charge < -0.3 is 10.1 Å². The highest BCUT2D eigenvalue weighted by atomic mass is 16.5. The van der Waals surface area contributed by atoms with Gasteiger partial charge in [-0.2, -0.15) is 0 Å². The maximum absolute atomic E-state index is 12.9. The minimum Gasteiger partial charge on any atom is -0.480 e. The number of rotatable bonds is 7. The van der Waals surface area contributed by atoms with E-state index in [9.17, 15) is 9.59 Å². The Bertz CT molecular complexity index is 1010. The normalized spacial score (nSPS) is 11.6. The zero-order chi connectivity index (χ0) is 20.8. The van der Waals surface area contributed by atoms with Gasteiger partial charge in [-0.3, -0.25) is 9.59 Å². The summed E-state index contributed by atoms with van der Waals surface area (Å²) < 4.78 is 6.00. The van der Waals surface area contributed by atoms with E-state index in [-0.39, 0.29) is 11.7 Å². The molecule has 3 aromatic rings. The maximum atomic E-state index is 12.9. The largest absolute Gasteiger partial charge is 0.480 e. The van der Waals surface area contributed by atoms with E-state index >= 15 is 0 Å². The quantitative estimate of drug-likeness (QED) is 0.558. The molecular weight excluding hydrogens is 362 g/mol. The van der Waals surface area contributed by atoms with E-state index in [2.05, 4.69) is 5.32 Å². The number of ketones is 1. The predicted molar refractivity (Wildman–Crippen MR) is 116 cm³/mol. The molecule has 1 N–H and O–H groups in total. The third kappa shape index (κ3) is 4.72. The molecule has 0 aliphatic carbocycles. The Hall–Kier alpha value is -3.40. The van der Waals surface area contributed by atoms with E-state index in [0.717, 1.165) is 11.1 Å². The van der Waals surface area contributed by atoms with Crippen molar-refractivity contribution in [3.05, 3.63) is 95.1 Å². The van der Waals surface area contributed by atoms with Crippen molar-refractivity contribution in [1.29, 1.82) is 0 Å². The molecule has 148 valence electrons. The van der Waals surface area contributed by atoms with Gasteiger partial charge in [-0.1, -0.05) is 61.5 Å². The first-order chi connectivity index (χ1) is 14.0. The first kappa shape index (κ1) is 20.3. The van der Waals surface area contributed by atoms with Gasteiger partial charge in [0.25, 0.3) is 5.91 Å². The highest BCUT2D eigenvalue weighted by molar-refractivity contribution is 6.14. The monoisotopic (exact) mass is 387 g/mol. The second-order valence-electron chi connectivity index (χ2n) is 6.94. The van der Waals surface area contributed by atoms with Crippen LogP contribution in [0.25, 0.3) is 0 Å². The number of benzene rings is 3. The molecule has 4 heteroatoms. The molecule has 0 bridgehead atoms. The summed E-state index contributed by atoms with van der Waals surface area (Å²) in [5.74, 6) is 0.285. The van der Waals surface area contributed by atoms with Crippen molar-refractivity contribution in [3.8, 4) is 5.75 Å². The van der Waals surface area contributed by atoms with Crippen LogP contribution in [0, 0.1) is 13.8 Å². The average Bonchev–Trinajstić information content (AvgIpc) is 2.75. The standard InChI is InChI=1S/C25H25NO3/c1-4-22(29-23-16-10-11-17(2)18(23)3)25(28)26-21-15-9-8-14-20(21)24(27)19-12-6-5-7-13-19/h5-16,22H,4H2,1-3H3,(H,26,28)/t22-/m0/s1. The number of para-hydroxylation sites is 1. The molecule has 1 amide bonds. The minimum atomic E-state index is -0.657. The van der Waals surface area contributed by atoms with Crippen molar-refractivity contribution in [2.45, 2.75) is 33.3 Å². The van der Waals surface area contributed by atoms with Crippen LogP contribution in [0.3, 0.4) is 0 Å². The van der Waals surface area contributed by atoms with Crippen LogP contribution >= 0.6 is 0 Å². The van der Waals surface area contributed by atoms with Crippen LogP contribution in [0.1, 0.15) is 40.4 Å². The van der Waals surface area contributed by atoms with Crippen molar-refractivity contribution >= 4 is 17.4 Å². The highest BCUT2D eigenvalue weighted by Crippen LogP contribution is 2.24. The molecule has 3 rings (SSSR count). The lowest BCUT2D eigenvalue weighted by molar-refractivity contribution is -0.122. The number of carbonyl (C=O) groups excluding carboxylic acids is 2. The third-order valence-electron chi connectivity index (χ3n) is 4.95. The third-order valence-corrected chi connectivity index (χ3v) is 4.95. The van der Waals surface area contributed by atoms with Gasteiger partial charge in [0.1, 0.15) is 5.75 Å². The fourth-order valence-corrected chi connectivity index (χ4v) is 3.08. The predicted octanol–water partition coefficient (Wildman–Crippen LogP) is 5.33. The summed E-state index contributed by atoms with van der Waals surface area (Å²) >= 11 is 0. The number of hydrogen-bond acceptors (Lipinski definition) is 3. The van der Waals surface area contributed by atoms with Gasteiger partial charge in [-0.05, 0) is 49.6 Å². The Morgan fingerprint density at radius 1 is 0.897 bits per heavy atom. The fourth-order valence-electron chi connectivity index (χ4n) is 3.08. The van der Waals surface area contributed by atoms with E-state index in [1.165, 1.54) is 0 Å². The van der Waals surface area contributed by atoms with Crippen LogP contribution in [0.5, 0.6) is 5.75 Å². The van der Waals surface area contributed by atoms with Crippen LogP contribution in [0.4, 0.5) is 5.69 Å². The molecule has 0 saturated carbocycles. The lowest BCUT2D eigenvalue weighted by Gasteiger charge is -2.20. The molecular formula is C25H25NO3. The zero-order valence-electron chi connectivity index (χ0n) is 16.9. The Morgan fingerprint density at radius 3 is 2.31 bits per heavy atom. The molecule has 3 aromatic carbocycles. The second kappa shape index (κ2) is 9.20. The van der Waals surface area contributed by atoms with Gasteiger partial charge in [-0.25, -0.2) is 0 Å². The summed E-state index contributed by atoms with van der Waals surface area (Å²) in [5.41, 5.74) is 3.63. The van der Waals surface area contributed by atoms with Gasteiger partial charge in [0, 0.05) is 11.1 Å². The molecule has 0 unspecified atom stereocenters. The lowest BCUT2D eigenvalue weighted by atomic mass is 10.0. The first-order valence-electron chi connectivity index (χ1n) is 9.73. The number of hydrogen-bond donors (Lipinski definition) is 1. The van der Waals surface area contributed by atoms with Gasteiger partial charge in [0.2, 0.25) is 0 Å². The minimum absolute atomic E-state index is 0.134. The average molecular weight is 387 g/mol. The summed E-state index contributed by atoms with van der Waals surface area (Å²) in [6.07, 6.45) is -0.149. The number of carbonyl (C=O) groups is 2. The molecule has 0 aromatic heterocycles. The van der Waals surface area contributed by atoms with Crippen molar-refractivity contribution in [1.82, 2.24) is 0 Å². The highest BCUT2D eigenvalue weighted by Gasteiger charge is 2.22. The molecule has 0 aliphatic heterocycles. The van der Waals surface area contributed by atoms with Crippen molar-refractivity contribution < 1.29 is 14.3 Å². The van der Waals surface area contributed by atoms with Crippen LogP contribution in [-0.2, 0) is 4.79 Å². The Balaban J connectivity index is 1.81. The van der Waals surface area contributed by atoms with E-state index in [4.69, 9.17) is 4.74 Å². The molecule has 0 aliphatic rings. The molecule has 4 nitrogen and oxygen atoms in total. The molecule has 29 heavy (non-hydrogen) atoms. The Kier molecular flexibility index (Phi) is 6.45. The van der Waals surface area contributed by atoms with Gasteiger partial charge in [0.15, 0.2) is 11.9 Å². The van der Waals surface area contributed by atoms with E-state index < -0.39 is 6.10 Å². The Labute approximate surface area is 171 Å². The van der Waals surface area contributed by atoms with Crippen LogP contribution < -0.4 is 10.1 Å². The summed E-state index contributed by atoms with van der Waals surface area (Å²) in [5, 5.41) is 2.88. The number of ether oxygens (including phenoxy) is 1. The first-order valence-corrected chi connectivity index (χ1v) is 9.73. The second-order valence-corrected chi connectivity index (χ2v) is 6.94. The number of aryl methyl sites for hydroxylation is 1. The topological polar surface area (TPSA) is 55.4 Å². The van der Waals surface area contributed by atoms with E-state index in [1.54, 1.807) is 36.4 Å². The number of nitrogens with one attached hydrogen (secondary N) is 1. The molecule has 0 spiro atoms. The van der Waals surface area contributed by atoms with E-state index in [1.807, 2.05) is 57.2 Å². The summed E-state index contributed by atoms with van der Waals surface area (Å²) in [4.78, 5) is 25.8. The van der Waals surface area contributed by atoms with Crippen molar-refractivity contribution in [2.75, 3.05) is 5.32 Å². The summed E-state index contributed by atoms with van der Waals surface area (Å²) in [6.45, 7) is 5.88. The number of anilines is 1. The van der Waals surface area contributed by atoms with Crippen molar-refractivity contribution in [3.63, 3.8) is 0 Å². The van der Waals surface area contributed by atoms with Gasteiger partial charge in [0.05, 0.1) is 5.69 Å². The fraction of sp³-hybridized carbons (Fsp3) is 0.200. The van der Waals surface area contributed by atoms with E-state index in [0.29, 0.717) is 29.0 Å². The van der Waals surface area contributed by atoms with Crippen LogP contribution in [0.15, 0.2) is 72.8 Å². The molecule has 0 fully saturated rings. The van der Waals surface area contributed by atoms with Gasteiger partial charge >= 0.3 is 0 Å². The van der Waals surface area contributed by atoms with Gasteiger partial charge in [-0.15, -0.1) is 0 Å². The van der Waals surface area contributed by atoms with Crippen LogP contribution in [0.2, 0.25) is 0 Å². The molecule has 0 saturated heterocycles. The smallest absolute Gasteiger partial charge is 0.265 e. The number of amides is 1. The van der Waals surface area contributed by atoms with Crippen molar-refractivity contribution in [2.24, 2.45) is 0 Å². The molecule has 1 atom stereocenters.